The minimum Gasteiger partial charge on any atom is -0.336 e. The summed E-state index contributed by atoms with van der Waals surface area (Å²) >= 11 is 0. The fourth-order valence-corrected chi connectivity index (χ4v) is 2.41. The summed E-state index contributed by atoms with van der Waals surface area (Å²) in [5.74, 6) is -4.99. The molecule has 0 saturated carbocycles. The molecule has 2 heterocycles. The van der Waals surface area contributed by atoms with E-state index in [-0.39, 0.29) is 22.9 Å². The molecule has 0 aliphatic heterocycles. The predicted octanol–water partition coefficient (Wildman–Crippen LogP) is 4.32. The van der Waals surface area contributed by atoms with E-state index < -0.39 is 23.4 Å². The van der Waals surface area contributed by atoms with Crippen molar-refractivity contribution in [3.8, 4) is 0 Å². The zero-order chi connectivity index (χ0) is 18.3. The molecule has 2 aromatic heterocycles. The number of aromatic nitrogens is 2. The molecule has 0 aliphatic carbocycles. The Bertz CT molecular complexity index is 960. The minimum atomic E-state index is -1.60. The van der Waals surface area contributed by atoms with E-state index in [0.717, 1.165) is 0 Å². The normalized spacial score (nSPS) is 11.3. The number of rotatable bonds is 3. The quantitative estimate of drug-likeness (QED) is 0.715. The van der Waals surface area contributed by atoms with E-state index in [4.69, 9.17) is 4.52 Å². The lowest BCUT2D eigenvalue weighted by atomic mass is 10.0. The standard InChI is InChI=1S/C17H14F3N3O2/c1-7(2)13-6-10(14-8(3)23-25-17(14)22-13)16(24)21-9-4-11(18)15(20)12(19)5-9/h4-7H,1-3H3,(H,21,24). The van der Waals surface area contributed by atoms with Gasteiger partial charge in [0.05, 0.1) is 16.6 Å². The monoisotopic (exact) mass is 349 g/mol. The molecule has 3 rings (SSSR count). The van der Waals surface area contributed by atoms with Gasteiger partial charge in [-0.05, 0) is 18.9 Å². The molecule has 0 fully saturated rings. The molecule has 0 saturated heterocycles. The van der Waals surface area contributed by atoms with E-state index in [1.54, 1.807) is 13.0 Å². The third-order valence-electron chi connectivity index (χ3n) is 3.71. The zero-order valence-corrected chi connectivity index (χ0v) is 13.7. The van der Waals surface area contributed by atoms with Crippen LogP contribution in [0.25, 0.3) is 11.1 Å². The Kier molecular flexibility index (Phi) is 4.20. The molecule has 1 aromatic carbocycles. The topological polar surface area (TPSA) is 68.0 Å². The highest BCUT2D eigenvalue weighted by molar-refractivity contribution is 6.12. The fourth-order valence-electron chi connectivity index (χ4n) is 2.41. The second-order valence-corrected chi connectivity index (χ2v) is 5.91. The molecule has 0 bridgehead atoms. The predicted molar refractivity (Wildman–Crippen MR) is 84.9 cm³/mol. The smallest absolute Gasteiger partial charge is 0.259 e. The van der Waals surface area contributed by atoms with E-state index in [1.807, 2.05) is 13.8 Å². The molecule has 0 spiro atoms. The van der Waals surface area contributed by atoms with Gasteiger partial charge < -0.3 is 9.84 Å². The van der Waals surface area contributed by atoms with E-state index in [0.29, 0.717) is 28.9 Å². The largest absolute Gasteiger partial charge is 0.336 e. The second kappa shape index (κ2) is 6.19. The molecule has 5 nitrogen and oxygen atoms in total. The van der Waals surface area contributed by atoms with Crippen molar-refractivity contribution >= 4 is 22.7 Å². The first-order chi connectivity index (χ1) is 11.8. The summed E-state index contributed by atoms with van der Waals surface area (Å²) in [6.07, 6.45) is 0. The van der Waals surface area contributed by atoms with Gasteiger partial charge in [0.25, 0.3) is 11.6 Å². The van der Waals surface area contributed by atoms with Gasteiger partial charge in [0.2, 0.25) is 0 Å². The first-order valence-corrected chi connectivity index (χ1v) is 7.50. The van der Waals surface area contributed by atoms with Crippen LogP contribution in [0.2, 0.25) is 0 Å². The highest BCUT2D eigenvalue weighted by Gasteiger charge is 2.20. The molecule has 25 heavy (non-hydrogen) atoms. The van der Waals surface area contributed by atoms with Crippen molar-refractivity contribution < 1.29 is 22.5 Å². The number of fused-ring (bicyclic) bond motifs is 1. The Morgan fingerprint density at radius 1 is 1.16 bits per heavy atom. The third-order valence-corrected chi connectivity index (χ3v) is 3.71. The maximum Gasteiger partial charge on any atom is 0.259 e. The van der Waals surface area contributed by atoms with Crippen LogP contribution in [-0.4, -0.2) is 16.0 Å². The number of aryl methyl sites for hydroxylation is 1. The first kappa shape index (κ1) is 16.9. The molecular weight excluding hydrogens is 335 g/mol. The summed E-state index contributed by atoms with van der Waals surface area (Å²) in [6, 6.07) is 2.99. The van der Waals surface area contributed by atoms with Crippen LogP contribution < -0.4 is 5.32 Å². The number of hydrogen-bond donors (Lipinski definition) is 1. The van der Waals surface area contributed by atoms with Crippen LogP contribution in [0.15, 0.2) is 22.7 Å². The SMILES string of the molecule is Cc1noc2nc(C(C)C)cc(C(=O)Nc3cc(F)c(F)c(F)c3)c12. The summed E-state index contributed by atoms with van der Waals surface area (Å²) in [5, 5.41) is 6.57. The number of nitrogens with one attached hydrogen (secondary N) is 1. The number of amides is 1. The van der Waals surface area contributed by atoms with Crippen LogP contribution >= 0.6 is 0 Å². The van der Waals surface area contributed by atoms with Crippen molar-refractivity contribution in [2.24, 2.45) is 0 Å². The number of pyridine rings is 1. The second-order valence-electron chi connectivity index (χ2n) is 5.91. The van der Waals surface area contributed by atoms with Gasteiger partial charge in [-0.2, -0.15) is 0 Å². The number of hydrogen-bond acceptors (Lipinski definition) is 4. The Morgan fingerprint density at radius 3 is 2.40 bits per heavy atom. The van der Waals surface area contributed by atoms with Crippen LogP contribution in [0.5, 0.6) is 0 Å². The molecule has 0 radical (unpaired) electrons. The van der Waals surface area contributed by atoms with Gasteiger partial charge in [-0.25, -0.2) is 18.2 Å². The number of benzene rings is 1. The van der Waals surface area contributed by atoms with Crippen molar-refractivity contribution in [2.75, 3.05) is 5.32 Å². The Balaban J connectivity index is 2.06. The number of carbonyl (C=O) groups is 1. The van der Waals surface area contributed by atoms with Crippen molar-refractivity contribution in [1.82, 2.24) is 10.1 Å². The van der Waals surface area contributed by atoms with E-state index >= 15 is 0 Å². The van der Waals surface area contributed by atoms with E-state index in [9.17, 15) is 18.0 Å². The lowest BCUT2D eigenvalue weighted by Gasteiger charge is -2.10. The number of halogens is 3. The summed E-state index contributed by atoms with van der Waals surface area (Å²) in [4.78, 5) is 16.9. The van der Waals surface area contributed by atoms with Gasteiger partial charge in [-0.3, -0.25) is 4.79 Å². The van der Waals surface area contributed by atoms with Gasteiger partial charge in [0.15, 0.2) is 17.5 Å². The number of carbonyl (C=O) groups excluding carboxylic acids is 1. The molecule has 0 aliphatic rings. The number of anilines is 1. The third kappa shape index (κ3) is 3.07. The first-order valence-electron chi connectivity index (χ1n) is 7.50. The zero-order valence-electron chi connectivity index (χ0n) is 13.7. The molecular formula is C17H14F3N3O2. The molecule has 1 N–H and O–H groups in total. The molecule has 0 unspecified atom stereocenters. The summed E-state index contributed by atoms with van der Waals surface area (Å²) in [6.45, 7) is 5.43. The summed E-state index contributed by atoms with van der Waals surface area (Å²) in [5.41, 5.74) is 1.26. The van der Waals surface area contributed by atoms with Gasteiger partial charge in [-0.15, -0.1) is 0 Å². The Hall–Kier alpha value is -2.90. The van der Waals surface area contributed by atoms with Crippen molar-refractivity contribution in [1.29, 1.82) is 0 Å². The average molecular weight is 349 g/mol. The fraction of sp³-hybridized carbons (Fsp3) is 0.235. The van der Waals surface area contributed by atoms with Crippen molar-refractivity contribution in [3.05, 3.63) is 52.6 Å². The molecule has 3 aromatic rings. The highest BCUT2D eigenvalue weighted by atomic mass is 19.2. The maximum absolute atomic E-state index is 13.3. The van der Waals surface area contributed by atoms with E-state index in [2.05, 4.69) is 15.5 Å². The average Bonchev–Trinajstić information content (AvgIpc) is 2.93. The molecule has 1 amide bonds. The number of nitrogens with zero attached hydrogens (tertiary/aromatic N) is 2. The molecule has 8 heteroatoms. The van der Waals surface area contributed by atoms with Gasteiger partial charge >= 0.3 is 0 Å². The lowest BCUT2D eigenvalue weighted by Crippen LogP contribution is -2.14. The molecule has 0 atom stereocenters. The Labute approximate surface area is 140 Å². The summed E-state index contributed by atoms with van der Waals surface area (Å²) in [7, 11) is 0. The summed E-state index contributed by atoms with van der Waals surface area (Å²) < 4.78 is 44.8. The van der Waals surface area contributed by atoms with Gasteiger partial charge in [-0.1, -0.05) is 19.0 Å². The van der Waals surface area contributed by atoms with Crippen LogP contribution in [0.3, 0.4) is 0 Å². The van der Waals surface area contributed by atoms with Crippen LogP contribution in [0, 0.1) is 24.4 Å². The van der Waals surface area contributed by atoms with Gasteiger partial charge in [0, 0.05) is 23.5 Å². The Morgan fingerprint density at radius 2 is 1.80 bits per heavy atom. The van der Waals surface area contributed by atoms with Crippen LogP contribution in [-0.2, 0) is 0 Å². The van der Waals surface area contributed by atoms with Crippen molar-refractivity contribution in [3.63, 3.8) is 0 Å². The van der Waals surface area contributed by atoms with Crippen molar-refractivity contribution in [2.45, 2.75) is 26.7 Å². The highest BCUT2D eigenvalue weighted by Crippen LogP contribution is 2.26. The van der Waals surface area contributed by atoms with Gasteiger partial charge in [0.1, 0.15) is 0 Å². The minimum absolute atomic E-state index is 0.0158. The molecule has 130 valence electrons. The lowest BCUT2D eigenvalue weighted by molar-refractivity contribution is 0.102. The van der Waals surface area contributed by atoms with E-state index in [1.165, 1.54) is 0 Å². The maximum atomic E-state index is 13.3. The van der Waals surface area contributed by atoms with Crippen LogP contribution in [0.1, 0.15) is 41.5 Å². The van der Waals surface area contributed by atoms with Crippen LogP contribution in [0.4, 0.5) is 18.9 Å².